The van der Waals surface area contributed by atoms with E-state index >= 15 is 0 Å². The summed E-state index contributed by atoms with van der Waals surface area (Å²) in [5, 5.41) is 32.0. The van der Waals surface area contributed by atoms with E-state index in [0.717, 1.165) is 11.3 Å². The summed E-state index contributed by atoms with van der Waals surface area (Å²) in [5.74, 6) is -1.03. The number of hydrogen-bond acceptors (Lipinski definition) is 5. The molecule has 1 heterocycles. The molecule has 15 heavy (non-hydrogen) atoms. The van der Waals surface area contributed by atoms with E-state index in [1.165, 1.54) is 11.4 Å². The summed E-state index contributed by atoms with van der Waals surface area (Å²) in [6.07, 6.45) is -1.99. The lowest BCUT2D eigenvalue weighted by Crippen LogP contribution is -2.29. The highest BCUT2D eigenvalue weighted by molar-refractivity contribution is 7.12. The molecule has 2 unspecified atom stereocenters. The van der Waals surface area contributed by atoms with Crippen molar-refractivity contribution in [1.82, 2.24) is 5.32 Å². The Hall–Kier alpha value is -0.950. The van der Waals surface area contributed by atoms with Gasteiger partial charge in [-0.3, -0.25) is 0 Å². The first-order valence-electron chi connectivity index (χ1n) is 4.38. The lowest BCUT2D eigenvalue weighted by atomic mass is 10.1. The van der Waals surface area contributed by atoms with Crippen molar-refractivity contribution in [3.63, 3.8) is 0 Å². The van der Waals surface area contributed by atoms with E-state index in [1.54, 1.807) is 7.05 Å². The average Bonchev–Trinajstić information content (AvgIpc) is 2.65. The molecule has 6 heteroatoms. The van der Waals surface area contributed by atoms with Crippen molar-refractivity contribution >= 4 is 17.3 Å². The number of likely N-dealkylation sites (N-methyl/N-ethyl adjacent to an activating group) is 1. The average molecular weight is 231 g/mol. The second kappa shape index (κ2) is 5.22. The minimum atomic E-state index is -1.05. The van der Waals surface area contributed by atoms with Crippen LogP contribution in [0.3, 0.4) is 0 Å². The minimum Gasteiger partial charge on any atom is -0.477 e. The van der Waals surface area contributed by atoms with Gasteiger partial charge in [-0.15, -0.1) is 11.3 Å². The Bertz CT molecular complexity index is 339. The zero-order chi connectivity index (χ0) is 11.4. The molecule has 2 atom stereocenters. The number of aromatic carboxylic acids is 1. The van der Waals surface area contributed by atoms with Crippen LogP contribution in [-0.2, 0) is 0 Å². The molecule has 0 spiro atoms. The Morgan fingerprint density at radius 3 is 2.73 bits per heavy atom. The molecule has 0 bridgehead atoms. The van der Waals surface area contributed by atoms with E-state index in [1.807, 2.05) is 0 Å². The third-order valence-electron chi connectivity index (χ3n) is 1.95. The van der Waals surface area contributed by atoms with Gasteiger partial charge in [-0.2, -0.15) is 0 Å². The van der Waals surface area contributed by atoms with Crippen LogP contribution in [0.25, 0.3) is 0 Å². The lowest BCUT2D eigenvalue weighted by Gasteiger charge is -2.15. The molecule has 4 N–H and O–H groups in total. The number of aliphatic hydroxyl groups excluding tert-OH is 2. The third-order valence-corrected chi connectivity index (χ3v) is 2.89. The SMILES string of the molecule is CNCC(O)C(O)c1csc(C(=O)O)c1. The lowest BCUT2D eigenvalue weighted by molar-refractivity contribution is 0.0204. The molecule has 0 amide bonds. The van der Waals surface area contributed by atoms with Crippen molar-refractivity contribution < 1.29 is 20.1 Å². The maximum atomic E-state index is 10.6. The fourth-order valence-corrected chi connectivity index (χ4v) is 1.94. The summed E-state index contributed by atoms with van der Waals surface area (Å²) in [5.41, 5.74) is 0.431. The summed E-state index contributed by atoms with van der Waals surface area (Å²) >= 11 is 1.03. The van der Waals surface area contributed by atoms with Gasteiger partial charge in [-0.05, 0) is 24.1 Å². The smallest absolute Gasteiger partial charge is 0.345 e. The van der Waals surface area contributed by atoms with Crippen LogP contribution >= 0.6 is 11.3 Å². The zero-order valence-electron chi connectivity index (χ0n) is 8.17. The molecule has 5 nitrogen and oxygen atoms in total. The van der Waals surface area contributed by atoms with Gasteiger partial charge in [0.25, 0.3) is 0 Å². The molecule has 0 aliphatic heterocycles. The van der Waals surface area contributed by atoms with E-state index in [-0.39, 0.29) is 11.4 Å². The maximum Gasteiger partial charge on any atom is 0.345 e. The molecule has 0 saturated carbocycles. The van der Waals surface area contributed by atoms with E-state index < -0.39 is 18.2 Å². The van der Waals surface area contributed by atoms with Crippen LogP contribution in [0.1, 0.15) is 21.3 Å². The van der Waals surface area contributed by atoms with Crippen molar-refractivity contribution in [2.75, 3.05) is 13.6 Å². The number of thiophene rings is 1. The van der Waals surface area contributed by atoms with Crippen LogP contribution in [0.15, 0.2) is 11.4 Å². The number of carboxylic acid groups (broad SMARTS) is 1. The fraction of sp³-hybridized carbons (Fsp3) is 0.444. The summed E-state index contributed by atoms with van der Waals surface area (Å²) in [6.45, 7) is 0.249. The summed E-state index contributed by atoms with van der Waals surface area (Å²) in [4.78, 5) is 10.7. The number of rotatable bonds is 5. The predicted molar refractivity (Wildman–Crippen MR) is 56.2 cm³/mol. The number of carbonyl (C=O) groups is 1. The Kier molecular flexibility index (Phi) is 4.22. The fourth-order valence-electron chi connectivity index (χ4n) is 1.16. The van der Waals surface area contributed by atoms with Crippen LogP contribution in [-0.4, -0.2) is 41.0 Å². The first-order valence-corrected chi connectivity index (χ1v) is 5.26. The molecule has 0 aliphatic rings. The van der Waals surface area contributed by atoms with Crippen molar-refractivity contribution in [2.24, 2.45) is 0 Å². The first-order chi connectivity index (χ1) is 7.06. The number of aliphatic hydroxyl groups is 2. The number of nitrogens with one attached hydrogen (secondary N) is 1. The Morgan fingerprint density at radius 1 is 1.60 bits per heavy atom. The molecule has 1 aromatic heterocycles. The largest absolute Gasteiger partial charge is 0.477 e. The van der Waals surface area contributed by atoms with Crippen LogP contribution < -0.4 is 5.32 Å². The predicted octanol–water partition coefficient (Wildman–Crippen LogP) is 0.0600. The normalized spacial score (nSPS) is 14.9. The molecule has 0 aromatic carbocycles. The zero-order valence-corrected chi connectivity index (χ0v) is 8.99. The molecule has 1 aromatic rings. The maximum absolute atomic E-state index is 10.6. The molecule has 1 rings (SSSR count). The van der Waals surface area contributed by atoms with E-state index in [4.69, 9.17) is 5.11 Å². The standard InChI is InChI=1S/C9H13NO4S/c1-10-3-6(11)8(12)5-2-7(9(13)14)15-4-5/h2,4,6,8,10-12H,3H2,1H3,(H,13,14). The van der Waals surface area contributed by atoms with Crippen LogP contribution in [0.2, 0.25) is 0 Å². The van der Waals surface area contributed by atoms with Gasteiger partial charge in [-0.1, -0.05) is 0 Å². The van der Waals surface area contributed by atoms with E-state index in [0.29, 0.717) is 5.56 Å². The quantitative estimate of drug-likeness (QED) is 0.575. The van der Waals surface area contributed by atoms with Crippen molar-refractivity contribution in [2.45, 2.75) is 12.2 Å². The van der Waals surface area contributed by atoms with Crippen molar-refractivity contribution in [1.29, 1.82) is 0 Å². The molecule has 0 radical (unpaired) electrons. The van der Waals surface area contributed by atoms with Gasteiger partial charge in [0, 0.05) is 6.54 Å². The molecule has 84 valence electrons. The summed E-state index contributed by atoms with van der Waals surface area (Å²) in [7, 11) is 1.66. The van der Waals surface area contributed by atoms with Crippen molar-refractivity contribution in [3.8, 4) is 0 Å². The topological polar surface area (TPSA) is 89.8 Å². The van der Waals surface area contributed by atoms with E-state index in [9.17, 15) is 15.0 Å². The monoisotopic (exact) mass is 231 g/mol. The van der Waals surface area contributed by atoms with Crippen LogP contribution in [0, 0.1) is 0 Å². The van der Waals surface area contributed by atoms with E-state index in [2.05, 4.69) is 5.32 Å². The van der Waals surface area contributed by atoms with Crippen LogP contribution in [0.4, 0.5) is 0 Å². The van der Waals surface area contributed by atoms with Gasteiger partial charge in [-0.25, -0.2) is 4.79 Å². The Labute approximate surface area is 91.0 Å². The Balaban J connectivity index is 2.73. The van der Waals surface area contributed by atoms with Gasteiger partial charge >= 0.3 is 5.97 Å². The molecule has 0 aliphatic carbocycles. The highest BCUT2D eigenvalue weighted by Gasteiger charge is 2.20. The van der Waals surface area contributed by atoms with Gasteiger partial charge in [0.15, 0.2) is 0 Å². The van der Waals surface area contributed by atoms with Gasteiger partial charge in [0.2, 0.25) is 0 Å². The molecule has 0 fully saturated rings. The van der Waals surface area contributed by atoms with Gasteiger partial charge < -0.3 is 20.6 Å². The molecular weight excluding hydrogens is 218 g/mol. The minimum absolute atomic E-state index is 0.153. The third kappa shape index (κ3) is 3.00. The highest BCUT2D eigenvalue weighted by Crippen LogP contribution is 2.23. The molecule has 0 saturated heterocycles. The first kappa shape index (κ1) is 12.1. The second-order valence-corrected chi connectivity index (χ2v) is 4.03. The highest BCUT2D eigenvalue weighted by atomic mass is 32.1. The summed E-state index contributed by atoms with van der Waals surface area (Å²) in [6, 6.07) is 1.37. The Morgan fingerprint density at radius 2 is 2.27 bits per heavy atom. The number of hydrogen-bond donors (Lipinski definition) is 4. The second-order valence-electron chi connectivity index (χ2n) is 3.12. The van der Waals surface area contributed by atoms with Crippen LogP contribution in [0.5, 0.6) is 0 Å². The number of carboxylic acids is 1. The summed E-state index contributed by atoms with van der Waals surface area (Å²) < 4.78 is 0. The molecular formula is C9H13NO4S. The van der Waals surface area contributed by atoms with Gasteiger partial charge in [0.05, 0.1) is 6.10 Å². The van der Waals surface area contributed by atoms with Crippen molar-refractivity contribution in [3.05, 3.63) is 21.9 Å². The van der Waals surface area contributed by atoms with Gasteiger partial charge in [0.1, 0.15) is 11.0 Å².